The molecule has 0 spiro atoms. The number of nitrogens with zero attached hydrogens (tertiary/aromatic N) is 1. The number of benzene rings is 2. The van der Waals surface area contributed by atoms with Gasteiger partial charge in [0.05, 0.1) is 0 Å². The van der Waals surface area contributed by atoms with Gasteiger partial charge >= 0.3 is 0 Å². The second kappa shape index (κ2) is 8.03. The van der Waals surface area contributed by atoms with Crippen molar-refractivity contribution in [2.75, 3.05) is 26.7 Å². The molecule has 0 saturated heterocycles. The molecule has 1 N–H and O–H groups in total. The summed E-state index contributed by atoms with van der Waals surface area (Å²) in [5, 5.41) is 11.5. The van der Waals surface area contributed by atoms with Gasteiger partial charge in [0.15, 0.2) is 0 Å². The van der Waals surface area contributed by atoms with Crippen LogP contribution in [-0.4, -0.2) is 36.8 Å². The topological polar surface area (TPSA) is 23.5 Å². The van der Waals surface area contributed by atoms with Gasteiger partial charge in [-0.25, -0.2) is 0 Å². The Kier molecular flexibility index (Phi) is 6.03. The molecule has 108 valence electrons. The summed E-state index contributed by atoms with van der Waals surface area (Å²) in [4.78, 5) is 2.39. The molecule has 2 heteroatoms. The molecule has 0 fully saturated rings. The van der Waals surface area contributed by atoms with Gasteiger partial charge in [-0.15, -0.1) is 0 Å². The molecule has 0 aromatic heterocycles. The number of hydrogen-bond donors (Lipinski definition) is 1. The van der Waals surface area contributed by atoms with E-state index in [4.69, 9.17) is 5.11 Å². The van der Waals surface area contributed by atoms with Gasteiger partial charge in [-0.2, -0.15) is 0 Å². The van der Waals surface area contributed by atoms with Crippen LogP contribution in [0, 0.1) is 0 Å². The van der Waals surface area contributed by atoms with Crippen molar-refractivity contribution in [3.05, 3.63) is 48.0 Å². The van der Waals surface area contributed by atoms with Crippen LogP contribution in [0.25, 0.3) is 10.8 Å². The van der Waals surface area contributed by atoms with E-state index in [0.29, 0.717) is 6.61 Å². The van der Waals surface area contributed by atoms with E-state index in [-0.39, 0.29) is 0 Å². The second-order valence-electron chi connectivity index (χ2n) is 5.48. The lowest BCUT2D eigenvalue weighted by atomic mass is 10.0. The van der Waals surface area contributed by atoms with Crippen molar-refractivity contribution in [2.24, 2.45) is 0 Å². The first kappa shape index (κ1) is 15.0. The highest BCUT2D eigenvalue weighted by Crippen LogP contribution is 2.19. The lowest BCUT2D eigenvalue weighted by molar-refractivity contribution is 0.273. The van der Waals surface area contributed by atoms with E-state index < -0.39 is 0 Å². The Bertz CT molecular complexity index is 518. The third-order valence-corrected chi connectivity index (χ3v) is 3.84. The van der Waals surface area contributed by atoms with Gasteiger partial charge in [0, 0.05) is 13.2 Å². The summed E-state index contributed by atoms with van der Waals surface area (Å²) < 4.78 is 0. The fourth-order valence-corrected chi connectivity index (χ4v) is 2.60. The highest BCUT2D eigenvalue weighted by atomic mass is 16.2. The summed E-state index contributed by atoms with van der Waals surface area (Å²) in [6.07, 6.45) is 4.32. The Morgan fingerprint density at radius 3 is 2.55 bits per heavy atom. The van der Waals surface area contributed by atoms with Gasteiger partial charge in [0.1, 0.15) is 0 Å². The maximum atomic E-state index is 8.77. The van der Waals surface area contributed by atoms with Crippen molar-refractivity contribution in [2.45, 2.75) is 25.7 Å². The number of rotatable bonds is 8. The van der Waals surface area contributed by atoms with E-state index in [1.807, 2.05) is 0 Å². The summed E-state index contributed by atoms with van der Waals surface area (Å²) >= 11 is 0. The molecule has 0 radical (unpaired) electrons. The van der Waals surface area contributed by atoms with Crippen LogP contribution in [0.4, 0.5) is 0 Å². The lowest BCUT2D eigenvalue weighted by Crippen LogP contribution is -2.22. The van der Waals surface area contributed by atoms with Gasteiger partial charge in [-0.3, -0.25) is 0 Å². The molecule has 0 heterocycles. The van der Waals surface area contributed by atoms with E-state index in [9.17, 15) is 0 Å². The fraction of sp³-hybridized carbons (Fsp3) is 0.444. The minimum atomic E-state index is 0.319. The van der Waals surface area contributed by atoms with Gasteiger partial charge < -0.3 is 10.0 Å². The highest BCUT2D eigenvalue weighted by Gasteiger charge is 2.03. The Labute approximate surface area is 122 Å². The third kappa shape index (κ3) is 4.32. The first-order valence-corrected chi connectivity index (χ1v) is 7.57. The summed E-state index contributed by atoms with van der Waals surface area (Å²) in [5.41, 5.74) is 1.44. The fourth-order valence-electron chi connectivity index (χ4n) is 2.60. The van der Waals surface area contributed by atoms with Gasteiger partial charge in [-0.05, 0) is 55.6 Å². The van der Waals surface area contributed by atoms with E-state index in [1.54, 1.807) is 0 Å². The molecule has 0 bridgehead atoms. The number of unbranched alkanes of at least 4 members (excludes halogenated alkanes) is 2. The third-order valence-electron chi connectivity index (χ3n) is 3.84. The van der Waals surface area contributed by atoms with Crippen LogP contribution in [0.3, 0.4) is 0 Å². The van der Waals surface area contributed by atoms with Gasteiger partial charge in [0.25, 0.3) is 0 Å². The van der Waals surface area contributed by atoms with E-state index in [0.717, 1.165) is 32.4 Å². The van der Waals surface area contributed by atoms with Crippen molar-refractivity contribution in [1.82, 2.24) is 4.90 Å². The Morgan fingerprint density at radius 2 is 1.70 bits per heavy atom. The monoisotopic (exact) mass is 271 g/mol. The van der Waals surface area contributed by atoms with E-state index in [1.165, 1.54) is 22.8 Å². The van der Waals surface area contributed by atoms with Gasteiger partial charge in [0.2, 0.25) is 0 Å². The predicted octanol–water partition coefficient (Wildman–Crippen LogP) is 3.48. The molecule has 0 aliphatic heterocycles. The number of fused-ring (bicyclic) bond motifs is 1. The quantitative estimate of drug-likeness (QED) is 0.743. The zero-order chi connectivity index (χ0) is 14.2. The van der Waals surface area contributed by atoms with E-state index >= 15 is 0 Å². The zero-order valence-electron chi connectivity index (χ0n) is 12.4. The summed E-state index contributed by atoms with van der Waals surface area (Å²) in [6.45, 7) is 2.53. The van der Waals surface area contributed by atoms with Crippen LogP contribution < -0.4 is 0 Å². The smallest absolute Gasteiger partial charge is 0.0431 e. The SMILES string of the molecule is CN(CCCCCO)CCc1cccc2ccccc12. The maximum absolute atomic E-state index is 8.77. The standard InChI is InChI=1S/C18H25NO/c1-19(13-5-2-6-15-20)14-12-17-10-7-9-16-8-3-4-11-18(16)17/h3-4,7-11,20H,2,5-6,12-15H2,1H3. The Balaban J connectivity index is 1.86. The molecule has 0 unspecified atom stereocenters. The van der Waals surface area contributed by atoms with Crippen LogP contribution in [0.5, 0.6) is 0 Å². The number of likely N-dealkylation sites (N-methyl/N-ethyl adjacent to an activating group) is 1. The molecule has 2 rings (SSSR count). The van der Waals surface area contributed by atoms with Crippen molar-refractivity contribution in [1.29, 1.82) is 0 Å². The molecule has 0 aliphatic rings. The summed E-state index contributed by atoms with van der Waals surface area (Å²) in [6, 6.07) is 15.2. The Hall–Kier alpha value is -1.38. The first-order valence-electron chi connectivity index (χ1n) is 7.57. The molecule has 0 amide bonds. The normalized spacial score (nSPS) is 11.3. The second-order valence-corrected chi connectivity index (χ2v) is 5.48. The number of hydrogen-bond acceptors (Lipinski definition) is 2. The van der Waals surface area contributed by atoms with Crippen LogP contribution in [-0.2, 0) is 6.42 Å². The molecule has 0 aliphatic carbocycles. The minimum Gasteiger partial charge on any atom is -0.396 e. The molecule has 20 heavy (non-hydrogen) atoms. The summed E-state index contributed by atoms with van der Waals surface area (Å²) in [5.74, 6) is 0. The lowest BCUT2D eigenvalue weighted by Gasteiger charge is -2.17. The van der Waals surface area contributed by atoms with Crippen LogP contribution in [0.15, 0.2) is 42.5 Å². The zero-order valence-corrected chi connectivity index (χ0v) is 12.4. The van der Waals surface area contributed by atoms with Crippen molar-refractivity contribution in [3.8, 4) is 0 Å². The average molecular weight is 271 g/mol. The van der Waals surface area contributed by atoms with Crippen LogP contribution in [0.2, 0.25) is 0 Å². The van der Waals surface area contributed by atoms with Crippen molar-refractivity contribution >= 4 is 10.8 Å². The van der Waals surface area contributed by atoms with Gasteiger partial charge in [-0.1, -0.05) is 42.5 Å². The molecular weight excluding hydrogens is 246 g/mol. The first-order chi connectivity index (χ1) is 9.81. The highest BCUT2D eigenvalue weighted by molar-refractivity contribution is 5.85. The largest absolute Gasteiger partial charge is 0.396 e. The molecule has 2 nitrogen and oxygen atoms in total. The van der Waals surface area contributed by atoms with Crippen LogP contribution in [0.1, 0.15) is 24.8 Å². The molecule has 0 saturated carbocycles. The van der Waals surface area contributed by atoms with E-state index in [2.05, 4.69) is 54.4 Å². The molecule has 0 atom stereocenters. The molecule has 2 aromatic rings. The Morgan fingerprint density at radius 1 is 0.900 bits per heavy atom. The average Bonchev–Trinajstić information content (AvgIpc) is 2.49. The minimum absolute atomic E-state index is 0.319. The predicted molar refractivity (Wildman–Crippen MR) is 86.1 cm³/mol. The van der Waals surface area contributed by atoms with Crippen molar-refractivity contribution < 1.29 is 5.11 Å². The van der Waals surface area contributed by atoms with Crippen LogP contribution >= 0.6 is 0 Å². The maximum Gasteiger partial charge on any atom is 0.0431 e. The number of aliphatic hydroxyl groups excluding tert-OH is 1. The molecule has 2 aromatic carbocycles. The number of aliphatic hydroxyl groups is 1. The molecular formula is C18H25NO. The van der Waals surface area contributed by atoms with Crippen molar-refractivity contribution in [3.63, 3.8) is 0 Å². The summed E-state index contributed by atoms with van der Waals surface area (Å²) in [7, 11) is 2.18.